The Balaban J connectivity index is 1.86. The molecule has 3 heterocycles. The number of thioether (sulfide) groups is 1. The Morgan fingerprint density at radius 2 is 2.00 bits per heavy atom. The number of anilines is 1. The minimum atomic E-state index is -0.995. The molecular formula is C26H34N2O6S. The molecule has 9 heteroatoms. The fourth-order valence-corrected chi connectivity index (χ4v) is 8.76. The minimum absolute atomic E-state index is 0.0334. The molecule has 190 valence electrons. The van der Waals surface area contributed by atoms with Gasteiger partial charge in [0.25, 0.3) is 5.91 Å². The Labute approximate surface area is 210 Å². The SMILES string of the molecule is C=CCN(C(=O)C1N([C@@H](CO)C(C)C)C(=O)[C@@H]2[C@H](C(=O)O)[C@@H]3CC(C)C12S3)c1ccc(OC)cc1. The lowest BCUT2D eigenvalue weighted by molar-refractivity contribution is -0.150. The summed E-state index contributed by atoms with van der Waals surface area (Å²) >= 11 is 1.50. The molecule has 2 bridgehead atoms. The zero-order valence-electron chi connectivity index (χ0n) is 20.6. The third-order valence-corrected chi connectivity index (χ3v) is 10.1. The second kappa shape index (κ2) is 9.50. The van der Waals surface area contributed by atoms with Gasteiger partial charge in [-0.1, -0.05) is 26.8 Å². The van der Waals surface area contributed by atoms with E-state index < -0.39 is 34.6 Å². The first-order chi connectivity index (χ1) is 16.6. The van der Waals surface area contributed by atoms with E-state index in [0.29, 0.717) is 17.9 Å². The number of carbonyl (C=O) groups is 3. The molecule has 0 aromatic heterocycles. The van der Waals surface area contributed by atoms with Gasteiger partial charge in [0.1, 0.15) is 11.8 Å². The molecule has 1 spiro atoms. The molecule has 1 aromatic rings. The van der Waals surface area contributed by atoms with Crippen LogP contribution in [-0.4, -0.2) is 75.2 Å². The van der Waals surface area contributed by atoms with E-state index in [1.807, 2.05) is 20.8 Å². The summed E-state index contributed by atoms with van der Waals surface area (Å²) in [5.41, 5.74) is 0.632. The summed E-state index contributed by atoms with van der Waals surface area (Å²) < 4.78 is 4.39. The van der Waals surface area contributed by atoms with E-state index >= 15 is 0 Å². The molecule has 3 saturated heterocycles. The number of fused-ring (bicyclic) bond motifs is 1. The maximum absolute atomic E-state index is 14.4. The number of carbonyl (C=O) groups excluding carboxylic acids is 2. The number of nitrogens with zero attached hydrogens (tertiary/aromatic N) is 2. The van der Waals surface area contributed by atoms with Gasteiger partial charge in [-0.15, -0.1) is 18.3 Å². The van der Waals surface area contributed by atoms with Crippen molar-refractivity contribution < 1.29 is 29.3 Å². The molecular weight excluding hydrogens is 468 g/mol. The Bertz CT molecular complexity index is 1010. The van der Waals surface area contributed by atoms with Crippen molar-refractivity contribution in [3.8, 4) is 5.75 Å². The second-order valence-corrected chi connectivity index (χ2v) is 11.6. The van der Waals surface area contributed by atoms with Gasteiger partial charge in [0.15, 0.2) is 0 Å². The standard InChI is InChI=1S/C26H34N2O6S/c1-6-11-27(16-7-9-17(34-5)10-8-16)24(31)22-26-15(4)12-19(35-26)20(25(32)33)21(26)23(30)28(22)18(13-29)14(2)3/h6-10,14-15,18-22,29H,1,11-13H2,2-5H3,(H,32,33)/t15?,18-,19-,20+,21-,22?,26?/m0/s1. The summed E-state index contributed by atoms with van der Waals surface area (Å²) in [4.78, 5) is 43.9. The molecule has 2 N–H and O–H groups in total. The van der Waals surface area contributed by atoms with Crippen molar-refractivity contribution in [3.05, 3.63) is 36.9 Å². The molecule has 0 aliphatic carbocycles. The zero-order chi connectivity index (χ0) is 25.7. The lowest BCUT2D eigenvalue weighted by atomic mass is 9.66. The number of aliphatic hydroxyl groups excluding tert-OH is 1. The van der Waals surface area contributed by atoms with Gasteiger partial charge in [-0.05, 0) is 42.5 Å². The topological polar surface area (TPSA) is 107 Å². The van der Waals surface area contributed by atoms with E-state index in [4.69, 9.17) is 4.74 Å². The van der Waals surface area contributed by atoms with E-state index in [1.54, 1.807) is 42.4 Å². The summed E-state index contributed by atoms with van der Waals surface area (Å²) in [6.45, 7) is 9.55. The van der Waals surface area contributed by atoms with Crippen LogP contribution >= 0.6 is 11.8 Å². The highest BCUT2D eigenvalue weighted by Crippen LogP contribution is 2.69. The highest BCUT2D eigenvalue weighted by atomic mass is 32.2. The average molecular weight is 503 g/mol. The Kier molecular flexibility index (Phi) is 6.94. The van der Waals surface area contributed by atoms with E-state index in [-0.39, 0.29) is 42.1 Å². The highest BCUT2D eigenvalue weighted by Gasteiger charge is 2.77. The monoisotopic (exact) mass is 502 g/mol. The van der Waals surface area contributed by atoms with Crippen molar-refractivity contribution in [2.45, 2.75) is 49.3 Å². The minimum Gasteiger partial charge on any atom is -0.497 e. The molecule has 3 unspecified atom stereocenters. The van der Waals surface area contributed by atoms with Crippen LogP contribution in [0.3, 0.4) is 0 Å². The Hall–Kier alpha value is -2.52. The smallest absolute Gasteiger partial charge is 0.308 e. The maximum atomic E-state index is 14.4. The largest absolute Gasteiger partial charge is 0.497 e. The molecule has 2 amide bonds. The van der Waals surface area contributed by atoms with Gasteiger partial charge in [-0.25, -0.2) is 0 Å². The van der Waals surface area contributed by atoms with Crippen LogP contribution in [0.1, 0.15) is 27.2 Å². The van der Waals surface area contributed by atoms with Gasteiger partial charge in [0.2, 0.25) is 5.91 Å². The van der Waals surface area contributed by atoms with Gasteiger partial charge in [-0.3, -0.25) is 14.4 Å². The fourth-order valence-electron chi connectivity index (χ4n) is 6.36. The van der Waals surface area contributed by atoms with Crippen LogP contribution in [-0.2, 0) is 14.4 Å². The number of benzene rings is 1. The molecule has 3 fully saturated rings. The van der Waals surface area contributed by atoms with Crippen molar-refractivity contribution in [2.24, 2.45) is 23.7 Å². The molecule has 3 aliphatic heterocycles. The summed E-state index contributed by atoms with van der Waals surface area (Å²) in [5, 5.41) is 20.1. The van der Waals surface area contributed by atoms with Gasteiger partial charge < -0.3 is 24.7 Å². The van der Waals surface area contributed by atoms with Gasteiger partial charge >= 0.3 is 5.97 Å². The molecule has 3 aliphatic rings. The second-order valence-electron chi connectivity index (χ2n) is 10.1. The van der Waals surface area contributed by atoms with Gasteiger partial charge in [0, 0.05) is 17.5 Å². The van der Waals surface area contributed by atoms with Crippen LogP contribution in [0.15, 0.2) is 36.9 Å². The fraction of sp³-hybridized carbons (Fsp3) is 0.577. The van der Waals surface area contributed by atoms with E-state index in [9.17, 15) is 24.6 Å². The molecule has 0 saturated carbocycles. The molecule has 0 radical (unpaired) electrons. The van der Waals surface area contributed by atoms with E-state index in [1.165, 1.54) is 16.7 Å². The molecule has 7 atom stereocenters. The maximum Gasteiger partial charge on any atom is 0.308 e. The quantitative estimate of drug-likeness (QED) is 0.500. The number of hydrogen-bond donors (Lipinski definition) is 2. The summed E-state index contributed by atoms with van der Waals surface area (Å²) in [6.07, 6.45) is 2.27. The van der Waals surface area contributed by atoms with E-state index in [2.05, 4.69) is 6.58 Å². The Morgan fingerprint density at radius 3 is 2.51 bits per heavy atom. The molecule has 8 nitrogen and oxygen atoms in total. The number of carboxylic acid groups (broad SMARTS) is 1. The predicted octanol–water partition coefficient (Wildman–Crippen LogP) is 2.65. The lowest BCUT2D eigenvalue weighted by Crippen LogP contribution is -2.60. The average Bonchev–Trinajstić information content (AvgIpc) is 3.41. The lowest BCUT2D eigenvalue weighted by Gasteiger charge is -2.42. The van der Waals surface area contributed by atoms with Crippen LogP contribution in [0, 0.1) is 23.7 Å². The summed E-state index contributed by atoms with van der Waals surface area (Å²) in [7, 11) is 1.57. The van der Waals surface area contributed by atoms with Crippen LogP contribution in [0.2, 0.25) is 0 Å². The highest BCUT2D eigenvalue weighted by molar-refractivity contribution is 8.02. The van der Waals surface area contributed by atoms with Gasteiger partial charge in [0.05, 0.1) is 36.3 Å². The van der Waals surface area contributed by atoms with Crippen molar-refractivity contribution in [3.63, 3.8) is 0 Å². The van der Waals surface area contributed by atoms with Crippen molar-refractivity contribution in [2.75, 3.05) is 25.2 Å². The number of rotatable bonds is 9. The first kappa shape index (κ1) is 25.6. The first-order valence-electron chi connectivity index (χ1n) is 12.0. The summed E-state index contributed by atoms with van der Waals surface area (Å²) in [5.74, 6) is -2.76. The van der Waals surface area contributed by atoms with Gasteiger partial charge in [-0.2, -0.15) is 0 Å². The molecule has 4 rings (SSSR count). The molecule has 1 aromatic carbocycles. The third-order valence-electron chi connectivity index (χ3n) is 7.98. The number of aliphatic hydroxyl groups is 1. The third kappa shape index (κ3) is 3.74. The van der Waals surface area contributed by atoms with Crippen molar-refractivity contribution in [1.82, 2.24) is 4.90 Å². The van der Waals surface area contributed by atoms with Crippen LogP contribution < -0.4 is 9.64 Å². The number of aliphatic carboxylic acids is 1. The number of likely N-dealkylation sites (tertiary alicyclic amines) is 1. The van der Waals surface area contributed by atoms with E-state index in [0.717, 1.165) is 0 Å². The van der Waals surface area contributed by atoms with Crippen LogP contribution in [0.5, 0.6) is 5.75 Å². The van der Waals surface area contributed by atoms with Crippen LogP contribution in [0.4, 0.5) is 5.69 Å². The Morgan fingerprint density at radius 1 is 1.34 bits per heavy atom. The number of methoxy groups -OCH3 is 1. The number of amides is 2. The predicted molar refractivity (Wildman–Crippen MR) is 134 cm³/mol. The van der Waals surface area contributed by atoms with Crippen molar-refractivity contribution in [1.29, 1.82) is 0 Å². The first-order valence-corrected chi connectivity index (χ1v) is 12.9. The normalized spacial score (nSPS) is 32.0. The number of carboxylic acids is 1. The molecule has 35 heavy (non-hydrogen) atoms. The van der Waals surface area contributed by atoms with Crippen molar-refractivity contribution >= 4 is 35.2 Å². The van der Waals surface area contributed by atoms with Crippen LogP contribution in [0.25, 0.3) is 0 Å². The summed E-state index contributed by atoms with van der Waals surface area (Å²) in [6, 6.07) is 5.61. The number of hydrogen-bond acceptors (Lipinski definition) is 6. The number of ether oxygens (including phenoxy) is 1. The zero-order valence-corrected chi connectivity index (χ0v) is 21.4.